The lowest BCUT2D eigenvalue weighted by molar-refractivity contribution is -0.0334. The van der Waals surface area contributed by atoms with E-state index in [2.05, 4.69) is 27.0 Å². The van der Waals surface area contributed by atoms with Crippen molar-refractivity contribution in [3.8, 4) is 5.75 Å². The van der Waals surface area contributed by atoms with Crippen LogP contribution in [0, 0.1) is 0 Å². The zero-order chi connectivity index (χ0) is 36.5. The molecule has 2 aromatic carbocycles. The van der Waals surface area contributed by atoms with Gasteiger partial charge < -0.3 is 24.6 Å². The quantitative estimate of drug-likeness (QED) is 0.117. The normalized spacial score (nSPS) is 22.2. The highest BCUT2D eigenvalue weighted by atomic mass is 32.2. The van der Waals surface area contributed by atoms with E-state index in [-0.39, 0.29) is 15.8 Å². The number of aliphatic hydroxyl groups is 1. The fraction of sp³-hybridized carbons (Fsp3) is 0.634. The van der Waals surface area contributed by atoms with Crippen LogP contribution >= 0.6 is 0 Å². The first-order valence-electron chi connectivity index (χ1n) is 19.9. The second-order valence-electron chi connectivity index (χ2n) is 15.1. The molecular weight excluding hydrogens is 693 g/mol. The number of benzene rings is 2. The van der Waals surface area contributed by atoms with Crippen LogP contribution in [-0.4, -0.2) is 96.6 Å². The Hall–Kier alpha value is -2.25. The number of fused-ring (bicyclic) bond motifs is 1. The number of sulfone groups is 1. The summed E-state index contributed by atoms with van der Waals surface area (Å²) in [6, 6.07) is 12.5. The molecule has 0 radical (unpaired) electrons. The fourth-order valence-corrected chi connectivity index (χ4v) is 10.7. The Morgan fingerprint density at radius 3 is 2.29 bits per heavy atom. The highest BCUT2D eigenvalue weighted by molar-refractivity contribution is 7.91. The van der Waals surface area contributed by atoms with Crippen LogP contribution in [0.3, 0.4) is 0 Å². The highest BCUT2D eigenvalue weighted by Gasteiger charge is 2.41. The predicted molar refractivity (Wildman–Crippen MR) is 209 cm³/mol. The summed E-state index contributed by atoms with van der Waals surface area (Å²) in [7, 11) is -4.05. The molecule has 3 fully saturated rings. The fourth-order valence-electron chi connectivity index (χ4n) is 8.66. The maximum Gasteiger partial charge on any atom is 0.208 e. The van der Waals surface area contributed by atoms with Crippen molar-refractivity contribution in [1.82, 2.24) is 20.1 Å². The van der Waals surface area contributed by atoms with E-state index in [9.17, 15) is 18.1 Å². The molecule has 3 saturated heterocycles. The molecule has 2 N–H and O–H groups in total. The zero-order valence-electron chi connectivity index (χ0n) is 31.3. The predicted octanol–water partition coefficient (Wildman–Crippen LogP) is 7.04. The number of nitrogens with one attached hydrogen (secondary N) is 1. The molecule has 4 heterocycles. The van der Waals surface area contributed by atoms with Crippen LogP contribution in [0.4, 0.5) is 0 Å². The largest absolute Gasteiger partial charge is 0.612 e. The van der Waals surface area contributed by atoms with Crippen molar-refractivity contribution >= 4 is 31.9 Å². The minimum absolute atomic E-state index is 0.106. The van der Waals surface area contributed by atoms with Gasteiger partial charge in [-0.25, -0.2) is 8.42 Å². The smallest absolute Gasteiger partial charge is 0.208 e. The van der Waals surface area contributed by atoms with Gasteiger partial charge in [-0.15, -0.1) is 0 Å². The average Bonchev–Trinajstić information content (AvgIpc) is 3.17. The van der Waals surface area contributed by atoms with Gasteiger partial charge in [0, 0.05) is 35.3 Å². The summed E-state index contributed by atoms with van der Waals surface area (Å²) < 4.78 is 48.0. The van der Waals surface area contributed by atoms with E-state index in [0.717, 1.165) is 64.8 Å². The highest BCUT2D eigenvalue weighted by Crippen LogP contribution is 2.43. The summed E-state index contributed by atoms with van der Waals surface area (Å²) in [4.78, 5) is 10.5. The van der Waals surface area contributed by atoms with Crippen molar-refractivity contribution in [2.75, 3.05) is 45.6 Å². The monoisotopic (exact) mass is 752 g/mol. The molecule has 0 amide bonds. The first-order valence-corrected chi connectivity index (χ1v) is 22.9. The molecular formula is C41H60N4O5S2. The molecule has 3 atom stereocenters. The third kappa shape index (κ3) is 9.51. The molecule has 3 aromatic rings. The van der Waals surface area contributed by atoms with Gasteiger partial charge in [0.25, 0.3) is 0 Å². The van der Waals surface area contributed by atoms with Gasteiger partial charge in [0.05, 0.1) is 34.1 Å². The molecule has 11 heteroatoms. The summed E-state index contributed by atoms with van der Waals surface area (Å²) in [6.45, 7) is 7.77. The molecule has 9 nitrogen and oxygen atoms in total. The van der Waals surface area contributed by atoms with E-state index in [4.69, 9.17) is 4.74 Å². The molecule has 52 heavy (non-hydrogen) atoms. The van der Waals surface area contributed by atoms with Crippen LogP contribution in [0.15, 0.2) is 63.3 Å². The Morgan fingerprint density at radius 2 is 1.60 bits per heavy atom. The number of nitrogens with zero attached hydrogens (tertiary/aromatic N) is 3. The lowest BCUT2D eigenvalue weighted by atomic mass is 9.87. The SMILES string of the molecule is CCCCCCCCCCOc1ccc(S(=O)(=O)c2cnc3ccc([S+](C)[O-])cc3c2C2C(O)CCCN2C2CCN(C3CCNCC3)CC2)cc1. The summed E-state index contributed by atoms with van der Waals surface area (Å²) in [6.07, 6.45) is 17.9. The zero-order valence-corrected chi connectivity index (χ0v) is 32.9. The molecule has 0 bridgehead atoms. The first-order chi connectivity index (χ1) is 25.3. The van der Waals surface area contributed by atoms with E-state index in [0.29, 0.717) is 46.2 Å². The molecule has 286 valence electrons. The van der Waals surface area contributed by atoms with E-state index in [1.165, 1.54) is 57.6 Å². The van der Waals surface area contributed by atoms with E-state index < -0.39 is 33.2 Å². The Kier molecular flexibility index (Phi) is 14.3. The van der Waals surface area contributed by atoms with E-state index in [1.807, 2.05) is 12.1 Å². The van der Waals surface area contributed by atoms with Crippen LogP contribution in [0.5, 0.6) is 5.75 Å². The third-order valence-electron chi connectivity index (χ3n) is 11.6. The van der Waals surface area contributed by atoms with Gasteiger partial charge in [-0.2, -0.15) is 0 Å². The number of rotatable bonds is 16. The third-order valence-corrected chi connectivity index (χ3v) is 14.3. The van der Waals surface area contributed by atoms with Crippen molar-refractivity contribution in [3.05, 3.63) is 54.2 Å². The summed E-state index contributed by atoms with van der Waals surface area (Å²) in [5.41, 5.74) is 1.20. The van der Waals surface area contributed by atoms with E-state index >= 15 is 0 Å². The van der Waals surface area contributed by atoms with Gasteiger partial charge in [0.2, 0.25) is 9.84 Å². The number of unbranched alkanes of at least 4 members (excludes halogenated alkanes) is 7. The Balaban J connectivity index is 1.25. The van der Waals surface area contributed by atoms with Gasteiger partial charge in [-0.05, 0) is 125 Å². The minimum atomic E-state index is -4.05. The number of hydrogen-bond donors (Lipinski definition) is 2. The van der Waals surface area contributed by atoms with Crippen molar-refractivity contribution in [2.45, 2.75) is 136 Å². The molecule has 0 saturated carbocycles. The van der Waals surface area contributed by atoms with Crippen LogP contribution in [-0.2, 0) is 21.0 Å². The van der Waals surface area contributed by atoms with E-state index in [1.54, 1.807) is 36.6 Å². The van der Waals surface area contributed by atoms with Crippen LogP contribution in [0.2, 0.25) is 0 Å². The molecule has 3 aliphatic rings. The van der Waals surface area contributed by atoms with Gasteiger partial charge in [-0.3, -0.25) is 9.88 Å². The number of piperidine rings is 3. The molecule has 3 aliphatic heterocycles. The molecule has 6 rings (SSSR count). The number of hydrogen-bond acceptors (Lipinski definition) is 9. The molecule has 1 aromatic heterocycles. The molecule has 0 spiro atoms. The maximum atomic E-state index is 14.7. The second-order valence-corrected chi connectivity index (χ2v) is 18.4. The number of pyridine rings is 1. The van der Waals surface area contributed by atoms with Crippen LogP contribution < -0.4 is 10.1 Å². The number of ether oxygens (including phenoxy) is 1. The number of aliphatic hydroxyl groups excluding tert-OH is 1. The summed E-state index contributed by atoms with van der Waals surface area (Å²) >= 11 is -1.28. The van der Waals surface area contributed by atoms with Gasteiger partial charge in [-0.1, -0.05) is 51.9 Å². The number of likely N-dealkylation sites (tertiary alicyclic amines) is 2. The summed E-state index contributed by atoms with van der Waals surface area (Å²) in [5, 5.41) is 16.0. The van der Waals surface area contributed by atoms with Crippen molar-refractivity contribution < 1.29 is 22.8 Å². The summed E-state index contributed by atoms with van der Waals surface area (Å²) in [5.74, 6) is 0.651. The van der Waals surface area contributed by atoms with Crippen molar-refractivity contribution in [1.29, 1.82) is 0 Å². The van der Waals surface area contributed by atoms with Gasteiger partial charge >= 0.3 is 0 Å². The van der Waals surface area contributed by atoms with Gasteiger partial charge in [0.1, 0.15) is 12.0 Å². The Labute approximate surface area is 315 Å². The lowest BCUT2D eigenvalue weighted by Gasteiger charge is -2.48. The molecule has 0 aliphatic carbocycles. The average molecular weight is 753 g/mol. The second kappa shape index (κ2) is 18.9. The number of aromatic nitrogens is 1. The van der Waals surface area contributed by atoms with Crippen molar-refractivity contribution in [3.63, 3.8) is 0 Å². The Morgan fingerprint density at radius 1 is 0.904 bits per heavy atom. The standard InChI is InChI=1S/C41H60N4O5S2/c1-3-4-5-6-7-8-9-10-28-50-33-13-16-35(17-14-33)52(48,49)39-30-43-37-18-15-34(51(2)47)29-36(37)40(39)41-38(46)12-11-25-45(41)32-21-26-44(27-22-32)31-19-23-42-24-20-31/h13-18,29-32,38,41-42,46H,3-12,19-28H2,1-2H3. The van der Waals surface area contributed by atoms with Crippen LogP contribution in [0.1, 0.15) is 108 Å². The topological polar surface area (TPSA) is 118 Å². The van der Waals surface area contributed by atoms with Gasteiger partial charge in [0.15, 0.2) is 4.90 Å². The molecule has 3 unspecified atom stereocenters. The lowest BCUT2D eigenvalue weighted by Crippen LogP contribution is -2.54. The minimum Gasteiger partial charge on any atom is -0.612 e. The first kappa shape index (κ1) is 39.4. The van der Waals surface area contributed by atoms with Crippen LogP contribution in [0.25, 0.3) is 10.9 Å². The maximum absolute atomic E-state index is 14.7. The van der Waals surface area contributed by atoms with Crippen molar-refractivity contribution in [2.24, 2.45) is 0 Å². The Bertz CT molecular complexity index is 1670.